The maximum absolute atomic E-state index is 12.1. The molecule has 3 aromatic rings. The van der Waals surface area contributed by atoms with Gasteiger partial charge in [-0.05, 0) is 55.0 Å². The molecule has 2 heterocycles. The van der Waals surface area contributed by atoms with E-state index in [1.165, 1.54) is 0 Å². The molecule has 3 rings (SSSR count). The molecule has 0 radical (unpaired) electrons. The van der Waals surface area contributed by atoms with E-state index < -0.39 is 0 Å². The quantitative estimate of drug-likeness (QED) is 0.705. The first-order valence-corrected chi connectivity index (χ1v) is 8.28. The van der Waals surface area contributed by atoms with Crippen molar-refractivity contribution in [3.63, 3.8) is 0 Å². The lowest BCUT2D eigenvalue weighted by molar-refractivity contribution is 0.0950. The fourth-order valence-electron chi connectivity index (χ4n) is 2.30. The van der Waals surface area contributed by atoms with Crippen LogP contribution in [0, 0.1) is 0 Å². The molecule has 132 valence electrons. The normalized spacial score (nSPS) is 10.2. The van der Waals surface area contributed by atoms with Gasteiger partial charge in [-0.3, -0.25) is 9.78 Å². The second kappa shape index (κ2) is 8.62. The molecule has 1 aromatic carbocycles. The number of carbonyl (C=O) groups is 1. The molecule has 6 heteroatoms. The SMILES string of the molecule is CCOc1ccc(Oc2cc(CNC(=O)c3ccncc3)ccn2)cc1. The molecule has 2 aromatic heterocycles. The fraction of sp³-hybridized carbons (Fsp3) is 0.150. The molecule has 0 spiro atoms. The molecule has 0 unspecified atom stereocenters. The summed E-state index contributed by atoms with van der Waals surface area (Å²) >= 11 is 0. The van der Waals surface area contributed by atoms with Crippen molar-refractivity contribution in [1.82, 2.24) is 15.3 Å². The van der Waals surface area contributed by atoms with Crippen LogP contribution < -0.4 is 14.8 Å². The predicted molar refractivity (Wildman–Crippen MR) is 97.3 cm³/mol. The largest absolute Gasteiger partial charge is 0.494 e. The van der Waals surface area contributed by atoms with E-state index in [2.05, 4.69) is 15.3 Å². The molecule has 6 nitrogen and oxygen atoms in total. The minimum atomic E-state index is -0.154. The number of amides is 1. The van der Waals surface area contributed by atoms with Gasteiger partial charge in [0.15, 0.2) is 0 Å². The summed E-state index contributed by atoms with van der Waals surface area (Å²) < 4.78 is 11.2. The minimum absolute atomic E-state index is 0.154. The Kier molecular flexibility index (Phi) is 5.77. The highest BCUT2D eigenvalue weighted by molar-refractivity contribution is 5.93. The Labute approximate surface area is 151 Å². The summed E-state index contributed by atoms with van der Waals surface area (Å²) in [7, 11) is 0. The Morgan fingerprint density at radius 1 is 1.00 bits per heavy atom. The zero-order valence-corrected chi connectivity index (χ0v) is 14.4. The Hall–Kier alpha value is -3.41. The van der Waals surface area contributed by atoms with Crippen LogP contribution in [0.3, 0.4) is 0 Å². The van der Waals surface area contributed by atoms with Crippen molar-refractivity contribution in [2.24, 2.45) is 0 Å². The lowest BCUT2D eigenvalue weighted by atomic mass is 10.2. The number of benzene rings is 1. The van der Waals surface area contributed by atoms with Gasteiger partial charge in [-0.1, -0.05) is 0 Å². The lowest BCUT2D eigenvalue weighted by Gasteiger charge is -2.09. The van der Waals surface area contributed by atoms with E-state index in [0.717, 1.165) is 11.3 Å². The number of pyridine rings is 2. The van der Waals surface area contributed by atoms with Gasteiger partial charge in [0, 0.05) is 36.8 Å². The Bertz CT molecular complexity index is 852. The molecule has 0 aliphatic rings. The van der Waals surface area contributed by atoms with Crippen LogP contribution in [0.15, 0.2) is 67.1 Å². The maximum atomic E-state index is 12.1. The van der Waals surface area contributed by atoms with Crippen molar-refractivity contribution in [2.45, 2.75) is 13.5 Å². The molecule has 0 atom stereocenters. The molecule has 0 fully saturated rings. The average molecular weight is 349 g/mol. The topological polar surface area (TPSA) is 73.3 Å². The molecule has 0 saturated carbocycles. The van der Waals surface area contributed by atoms with Crippen molar-refractivity contribution in [3.8, 4) is 17.4 Å². The van der Waals surface area contributed by atoms with E-state index in [1.807, 2.05) is 37.3 Å². The molecule has 0 saturated heterocycles. The van der Waals surface area contributed by atoms with Crippen molar-refractivity contribution >= 4 is 5.91 Å². The lowest BCUT2D eigenvalue weighted by Crippen LogP contribution is -2.22. The zero-order valence-electron chi connectivity index (χ0n) is 14.4. The molecule has 1 amide bonds. The Morgan fingerprint density at radius 3 is 2.46 bits per heavy atom. The highest BCUT2D eigenvalue weighted by Gasteiger charge is 2.06. The third-order valence-electron chi connectivity index (χ3n) is 3.55. The number of hydrogen-bond donors (Lipinski definition) is 1. The van der Waals surface area contributed by atoms with E-state index in [4.69, 9.17) is 9.47 Å². The molecule has 0 aliphatic carbocycles. The Morgan fingerprint density at radius 2 is 1.73 bits per heavy atom. The van der Waals surface area contributed by atoms with Crippen molar-refractivity contribution in [3.05, 3.63) is 78.2 Å². The van der Waals surface area contributed by atoms with Gasteiger partial charge >= 0.3 is 0 Å². The van der Waals surface area contributed by atoms with Gasteiger partial charge in [0.2, 0.25) is 5.88 Å². The summed E-state index contributed by atoms with van der Waals surface area (Å²) in [4.78, 5) is 20.2. The number of carbonyl (C=O) groups excluding carboxylic acids is 1. The van der Waals surface area contributed by atoms with Gasteiger partial charge in [-0.2, -0.15) is 0 Å². The van der Waals surface area contributed by atoms with Crippen LogP contribution in [0.2, 0.25) is 0 Å². The van der Waals surface area contributed by atoms with E-state index in [0.29, 0.717) is 30.3 Å². The summed E-state index contributed by atoms with van der Waals surface area (Å²) in [6.07, 6.45) is 4.83. The number of hydrogen-bond acceptors (Lipinski definition) is 5. The number of nitrogens with zero attached hydrogens (tertiary/aromatic N) is 2. The maximum Gasteiger partial charge on any atom is 0.251 e. The minimum Gasteiger partial charge on any atom is -0.494 e. The van der Waals surface area contributed by atoms with Crippen LogP contribution in [0.4, 0.5) is 0 Å². The summed E-state index contributed by atoms with van der Waals surface area (Å²) in [5.41, 5.74) is 1.46. The number of aromatic nitrogens is 2. The summed E-state index contributed by atoms with van der Waals surface area (Å²) in [5, 5.41) is 2.86. The number of rotatable bonds is 7. The second-order valence-electron chi connectivity index (χ2n) is 5.43. The van der Waals surface area contributed by atoms with E-state index in [1.54, 1.807) is 36.8 Å². The first-order valence-electron chi connectivity index (χ1n) is 8.28. The molecular weight excluding hydrogens is 330 g/mol. The number of nitrogens with one attached hydrogen (secondary N) is 1. The van der Waals surface area contributed by atoms with Crippen LogP contribution in [0.25, 0.3) is 0 Å². The van der Waals surface area contributed by atoms with E-state index in [9.17, 15) is 4.79 Å². The second-order valence-corrected chi connectivity index (χ2v) is 5.43. The van der Waals surface area contributed by atoms with Crippen LogP contribution >= 0.6 is 0 Å². The van der Waals surface area contributed by atoms with Crippen LogP contribution in [0.1, 0.15) is 22.8 Å². The standard InChI is InChI=1S/C20H19N3O3/c1-2-25-17-3-5-18(6-4-17)26-19-13-15(7-12-22-19)14-23-20(24)16-8-10-21-11-9-16/h3-13H,2,14H2,1H3,(H,23,24). The first kappa shape index (κ1) is 17.4. The summed E-state index contributed by atoms with van der Waals surface area (Å²) in [6.45, 7) is 2.94. The van der Waals surface area contributed by atoms with E-state index >= 15 is 0 Å². The van der Waals surface area contributed by atoms with Gasteiger partial charge in [-0.15, -0.1) is 0 Å². The van der Waals surface area contributed by atoms with Crippen LogP contribution in [-0.4, -0.2) is 22.5 Å². The van der Waals surface area contributed by atoms with Gasteiger partial charge in [0.25, 0.3) is 5.91 Å². The third kappa shape index (κ3) is 4.80. The number of ether oxygens (including phenoxy) is 2. The average Bonchev–Trinajstić information content (AvgIpc) is 2.69. The molecule has 0 bridgehead atoms. The van der Waals surface area contributed by atoms with Gasteiger partial charge < -0.3 is 14.8 Å². The molecule has 1 N–H and O–H groups in total. The molecule has 0 aliphatic heterocycles. The monoisotopic (exact) mass is 349 g/mol. The van der Waals surface area contributed by atoms with Gasteiger partial charge in [-0.25, -0.2) is 4.98 Å². The summed E-state index contributed by atoms with van der Waals surface area (Å²) in [5.74, 6) is 1.77. The van der Waals surface area contributed by atoms with E-state index in [-0.39, 0.29) is 5.91 Å². The third-order valence-corrected chi connectivity index (χ3v) is 3.55. The molecule has 26 heavy (non-hydrogen) atoms. The van der Waals surface area contributed by atoms with Crippen LogP contribution in [0.5, 0.6) is 17.4 Å². The smallest absolute Gasteiger partial charge is 0.251 e. The fourth-order valence-corrected chi connectivity index (χ4v) is 2.30. The predicted octanol–water partition coefficient (Wildman–Crippen LogP) is 3.60. The first-order chi connectivity index (χ1) is 12.7. The zero-order chi connectivity index (χ0) is 18.2. The molecular formula is C20H19N3O3. The summed E-state index contributed by atoms with van der Waals surface area (Å²) in [6, 6.07) is 14.3. The van der Waals surface area contributed by atoms with Crippen molar-refractivity contribution in [2.75, 3.05) is 6.61 Å². The van der Waals surface area contributed by atoms with Crippen molar-refractivity contribution in [1.29, 1.82) is 0 Å². The van der Waals surface area contributed by atoms with Crippen molar-refractivity contribution < 1.29 is 14.3 Å². The highest BCUT2D eigenvalue weighted by Crippen LogP contribution is 2.23. The van der Waals surface area contributed by atoms with Crippen LogP contribution in [-0.2, 0) is 6.54 Å². The van der Waals surface area contributed by atoms with Gasteiger partial charge in [0.05, 0.1) is 6.61 Å². The highest BCUT2D eigenvalue weighted by atomic mass is 16.5. The Balaban J connectivity index is 1.60. The van der Waals surface area contributed by atoms with Gasteiger partial charge in [0.1, 0.15) is 11.5 Å².